The fraction of sp³-hybridized carbons (Fsp3) is 0.417. The number of rotatable bonds is 4. The Bertz CT molecular complexity index is 877. The first-order valence-corrected chi connectivity index (χ1v) is 10.5. The maximum atomic E-state index is 13.1. The first-order chi connectivity index (χ1) is 14.5. The molecule has 2 aromatic rings. The Morgan fingerprint density at radius 3 is 2.40 bits per heavy atom. The van der Waals surface area contributed by atoms with Crippen LogP contribution in [0.15, 0.2) is 54.6 Å². The lowest BCUT2D eigenvalue weighted by atomic mass is 9.90. The molecule has 2 aliphatic rings. The smallest absolute Gasteiger partial charge is 0.226 e. The van der Waals surface area contributed by atoms with Crippen molar-refractivity contribution < 1.29 is 18.7 Å². The minimum Gasteiger partial charge on any atom is -0.372 e. The predicted octanol–water partition coefficient (Wildman–Crippen LogP) is 3.18. The second-order valence-electron chi connectivity index (χ2n) is 8.20. The maximum Gasteiger partial charge on any atom is 0.226 e. The minimum atomic E-state index is -0.395. The van der Waals surface area contributed by atoms with Gasteiger partial charge in [-0.3, -0.25) is 9.59 Å². The van der Waals surface area contributed by atoms with Gasteiger partial charge < -0.3 is 14.5 Å². The van der Waals surface area contributed by atoms with Crippen LogP contribution in [0.1, 0.15) is 30.4 Å². The molecule has 0 aromatic heterocycles. The number of piperidine rings is 1. The van der Waals surface area contributed by atoms with Gasteiger partial charge in [0.05, 0.1) is 31.6 Å². The lowest BCUT2D eigenvalue weighted by Gasteiger charge is -2.42. The quantitative estimate of drug-likeness (QED) is 0.778. The predicted molar refractivity (Wildman–Crippen MR) is 111 cm³/mol. The molecule has 0 bridgehead atoms. The lowest BCUT2D eigenvalue weighted by Crippen LogP contribution is -2.53. The summed E-state index contributed by atoms with van der Waals surface area (Å²) < 4.78 is 19.3. The molecule has 2 amide bonds. The van der Waals surface area contributed by atoms with Gasteiger partial charge in [-0.25, -0.2) is 4.39 Å². The summed E-state index contributed by atoms with van der Waals surface area (Å²) in [5, 5.41) is 0. The SMILES string of the molecule is O=C(Cc1ccc(F)cc1)N1CCC2(CC1)CN(Cc1ccccc1)C(=O)CCO2. The van der Waals surface area contributed by atoms with E-state index in [1.165, 1.54) is 12.1 Å². The zero-order valence-corrected chi connectivity index (χ0v) is 17.1. The van der Waals surface area contributed by atoms with Crippen LogP contribution in [-0.2, 0) is 27.3 Å². The standard InChI is InChI=1S/C24H27FN2O3/c25-21-8-6-19(7-9-21)16-23(29)26-13-11-24(12-14-26)18-27(22(28)10-15-30-24)17-20-4-2-1-3-5-20/h1-9H,10-18H2. The van der Waals surface area contributed by atoms with Gasteiger partial charge in [0.1, 0.15) is 5.82 Å². The molecule has 5 nitrogen and oxygen atoms in total. The summed E-state index contributed by atoms with van der Waals surface area (Å²) in [7, 11) is 0. The fourth-order valence-corrected chi connectivity index (χ4v) is 4.30. The molecule has 2 aromatic carbocycles. The van der Waals surface area contributed by atoms with Crippen molar-refractivity contribution >= 4 is 11.8 Å². The van der Waals surface area contributed by atoms with E-state index in [2.05, 4.69) is 0 Å². The van der Waals surface area contributed by atoms with Gasteiger partial charge in [-0.1, -0.05) is 42.5 Å². The van der Waals surface area contributed by atoms with Gasteiger partial charge in [0.15, 0.2) is 0 Å². The third kappa shape index (κ3) is 4.87. The molecule has 6 heteroatoms. The number of hydrogen-bond donors (Lipinski definition) is 0. The first-order valence-electron chi connectivity index (χ1n) is 10.5. The highest BCUT2D eigenvalue weighted by molar-refractivity contribution is 5.79. The molecule has 2 heterocycles. The van der Waals surface area contributed by atoms with Gasteiger partial charge >= 0.3 is 0 Å². The monoisotopic (exact) mass is 410 g/mol. The third-order valence-electron chi connectivity index (χ3n) is 6.07. The highest BCUT2D eigenvalue weighted by Crippen LogP contribution is 2.31. The van der Waals surface area contributed by atoms with Crippen molar-refractivity contribution in [1.82, 2.24) is 9.80 Å². The van der Waals surface area contributed by atoms with Crippen LogP contribution in [0, 0.1) is 5.82 Å². The van der Waals surface area contributed by atoms with E-state index in [1.54, 1.807) is 12.1 Å². The Morgan fingerprint density at radius 1 is 1.00 bits per heavy atom. The Balaban J connectivity index is 1.37. The normalized spacial score (nSPS) is 19.0. The summed E-state index contributed by atoms with van der Waals surface area (Å²) in [6, 6.07) is 16.1. The van der Waals surface area contributed by atoms with Crippen LogP contribution < -0.4 is 0 Å². The van der Waals surface area contributed by atoms with E-state index in [1.807, 2.05) is 40.1 Å². The van der Waals surface area contributed by atoms with Crippen molar-refractivity contribution in [2.45, 2.75) is 37.8 Å². The summed E-state index contributed by atoms with van der Waals surface area (Å²) in [6.45, 7) is 2.77. The van der Waals surface area contributed by atoms with Crippen LogP contribution in [0.4, 0.5) is 4.39 Å². The third-order valence-corrected chi connectivity index (χ3v) is 6.07. The van der Waals surface area contributed by atoms with Gasteiger partial charge in [0, 0.05) is 19.6 Å². The van der Waals surface area contributed by atoms with Crippen LogP contribution >= 0.6 is 0 Å². The van der Waals surface area contributed by atoms with E-state index in [0.717, 1.165) is 11.1 Å². The highest BCUT2D eigenvalue weighted by Gasteiger charge is 2.41. The molecule has 4 rings (SSSR count). The van der Waals surface area contributed by atoms with E-state index in [9.17, 15) is 14.0 Å². The van der Waals surface area contributed by atoms with Crippen LogP contribution in [0.5, 0.6) is 0 Å². The van der Waals surface area contributed by atoms with Crippen LogP contribution in [0.2, 0.25) is 0 Å². The van der Waals surface area contributed by atoms with E-state index in [-0.39, 0.29) is 24.1 Å². The molecule has 2 fully saturated rings. The molecule has 0 aliphatic carbocycles. The van der Waals surface area contributed by atoms with Gasteiger partial charge in [-0.15, -0.1) is 0 Å². The zero-order chi connectivity index (χ0) is 21.0. The van der Waals surface area contributed by atoms with Gasteiger partial charge in [0.25, 0.3) is 0 Å². The number of benzene rings is 2. The molecular formula is C24H27FN2O3. The van der Waals surface area contributed by atoms with Crippen molar-refractivity contribution in [3.8, 4) is 0 Å². The number of carbonyl (C=O) groups excluding carboxylic acids is 2. The molecule has 0 unspecified atom stereocenters. The Kier molecular flexibility index (Phi) is 6.13. The van der Waals surface area contributed by atoms with Crippen molar-refractivity contribution in [2.24, 2.45) is 0 Å². The largest absolute Gasteiger partial charge is 0.372 e. The van der Waals surface area contributed by atoms with Crippen molar-refractivity contribution in [2.75, 3.05) is 26.2 Å². The molecule has 0 radical (unpaired) electrons. The van der Waals surface area contributed by atoms with E-state index in [0.29, 0.717) is 52.0 Å². The molecule has 2 aliphatic heterocycles. The number of likely N-dealkylation sites (tertiary alicyclic amines) is 1. The fourth-order valence-electron chi connectivity index (χ4n) is 4.30. The number of halogens is 1. The molecule has 30 heavy (non-hydrogen) atoms. The molecule has 0 atom stereocenters. The molecule has 158 valence electrons. The molecule has 1 spiro atoms. The minimum absolute atomic E-state index is 0.0438. The number of hydrogen-bond acceptors (Lipinski definition) is 3. The van der Waals surface area contributed by atoms with Crippen molar-refractivity contribution in [3.63, 3.8) is 0 Å². The van der Waals surface area contributed by atoms with Crippen molar-refractivity contribution in [1.29, 1.82) is 0 Å². The lowest BCUT2D eigenvalue weighted by molar-refractivity contribution is -0.139. The second-order valence-corrected chi connectivity index (χ2v) is 8.20. The first kappa shape index (κ1) is 20.5. The Hall–Kier alpha value is -2.73. The second kappa shape index (κ2) is 8.96. The number of nitrogens with zero attached hydrogens (tertiary/aromatic N) is 2. The van der Waals surface area contributed by atoms with Gasteiger partial charge in [-0.2, -0.15) is 0 Å². The average Bonchev–Trinajstić information content (AvgIpc) is 2.90. The summed E-state index contributed by atoms with van der Waals surface area (Å²) in [5.74, 6) is -0.140. The summed E-state index contributed by atoms with van der Waals surface area (Å²) in [6.07, 6.45) is 2.08. The topological polar surface area (TPSA) is 49.9 Å². The Labute approximate surface area is 176 Å². The van der Waals surface area contributed by atoms with E-state index < -0.39 is 5.60 Å². The Morgan fingerprint density at radius 2 is 1.70 bits per heavy atom. The van der Waals surface area contributed by atoms with Crippen LogP contribution in [-0.4, -0.2) is 53.5 Å². The molecule has 0 N–H and O–H groups in total. The number of amides is 2. The number of carbonyl (C=O) groups is 2. The summed E-state index contributed by atoms with van der Waals surface area (Å²) >= 11 is 0. The molecule has 0 saturated carbocycles. The van der Waals surface area contributed by atoms with Crippen LogP contribution in [0.3, 0.4) is 0 Å². The number of ether oxygens (including phenoxy) is 1. The van der Waals surface area contributed by atoms with Gasteiger partial charge in [0.2, 0.25) is 11.8 Å². The van der Waals surface area contributed by atoms with E-state index >= 15 is 0 Å². The summed E-state index contributed by atoms with van der Waals surface area (Å²) in [4.78, 5) is 29.0. The van der Waals surface area contributed by atoms with Crippen molar-refractivity contribution in [3.05, 3.63) is 71.5 Å². The van der Waals surface area contributed by atoms with Gasteiger partial charge in [-0.05, 0) is 36.1 Å². The average molecular weight is 410 g/mol. The summed E-state index contributed by atoms with van der Waals surface area (Å²) in [5.41, 5.74) is 1.52. The maximum absolute atomic E-state index is 13.1. The highest BCUT2D eigenvalue weighted by atomic mass is 19.1. The van der Waals surface area contributed by atoms with Crippen LogP contribution in [0.25, 0.3) is 0 Å². The molecular weight excluding hydrogens is 383 g/mol. The zero-order valence-electron chi connectivity index (χ0n) is 17.1. The molecule has 2 saturated heterocycles. The van der Waals surface area contributed by atoms with E-state index in [4.69, 9.17) is 4.74 Å².